The third-order valence-corrected chi connectivity index (χ3v) is 6.75. The summed E-state index contributed by atoms with van der Waals surface area (Å²) in [6, 6.07) is 13.6. The van der Waals surface area contributed by atoms with Crippen molar-refractivity contribution < 1.29 is 24.0 Å². The van der Waals surface area contributed by atoms with Gasteiger partial charge in [0.15, 0.2) is 0 Å². The number of hydrogen-bond acceptors (Lipinski definition) is 5. The highest BCUT2D eigenvalue weighted by Gasteiger charge is 2.42. The van der Waals surface area contributed by atoms with Crippen LogP contribution in [0, 0.1) is 0 Å². The summed E-state index contributed by atoms with van der Waals surface area (Å²) in [4.78, 5) is 12.7. The van der Waals surface area contributed by atoms with Gasteiger partial charge >= 0.3 is 7.12 Å². The highest BCUT2D eigenvalue weighted by atomic mass is 16.5. The molecule has 2 heterocycles. The minimum absolute atomic E-state index is 0.152. The van der Waals surface area contributed by atoms with Gasteiger partial charge in [-0.1, -0.05) is 43.2 Å². The minimum atomic E-state index is -1.68. The molecule has 1 aliphatic heterocycles. The number of benzene rings is 2. The lowest BCUT2D eigenvalue weighted by atomic mass is 9.75. The maximum Gasteiger partial charge on any atom is 0.475 e. The van der Waals surface area contributed by atoms with E-state index in [-0.39, 0.29) is 24.2 Å². The van der Waals surface area contributed by atoms with Crippen LogP contribution >= 0.6 is 0 Å². The molecule has 0 bridgehead atoms. The van der Waals surface area contributed by atoms with Gasteiger partial charge < -0.3 is 24.5 Å². The Kier molecular flexibility index (Phi) is 5.24. The van der Waals surface area contributed by atoms with Crippen molar-refractivity contribution in [3.05, 3.63) is 65.4 Å². The molecule has 0 unspecified atom stereocenters. The van der Waals surface area contributed by atoms with Crippen LogP contribution in [-0.4, -0.2) is 35.6 Å². The zero-order chi connectivity index (χ0) is 21.4. The van der Waals surface area contributed by atoms with E-state index < -0.39 is 13.1 Å². The predicted octanol–water partition coefficient (Wildman–Crippen LogP) is 2.92. The second kappa shape index (κ2) is 8.06. The normalized spacial score (nSPS) is 17.5. The number of hydrogen-bond donors (Lipinski definition) is 3. The van der Waals surface area contributed by atoms with Gasteiger partial charge in [-0.3, -0.25) is 4.79 Å². The minimum Gasteiger partial charge on any atom is -0.492 e. The summed E-state index contributed by atoms with van der Waals surface area (Å²) in [6.07, 6.45) is 6.82. The zero-order valence-electron chi connectivity index (χ0n) is 17.3. The fraction of sp³-hybridized carbons (Fsp3) is 0.375. The van der Waals surface area contributed by atoms with Crippen LogP contribution in [0.1, 0.15) is 42.4 Å². The molecule has 2 aromatic carbocycles. The molecule has 6 nitrogen and oxygen atoms in total. The number of amides is 1. The van der Waals surface area contributed by atoms with E-state index in [9.17, 15) is 14.8 Å². The van der Waals surface area contributed by atoms with Gasteiger partial charge in [0.2, 0.25) is 5.91 Å². The summed E-state index contributed by atoms with van der Waals surface area (Å²) in [5, 5.41) is 23.3. The van der Waals surface area contributed by atoms with Crippen molar-refractivity contribution in [2.75, 3.05) is 6.61 Å². The van der Waals surface area contributed by atoms with Crippen LogP contribution in [0.25, 0.3) is 11.0 Å². The van der Waals surface area contributed by atoms with E-state index in [0.29, 0.717) is 0 Å². The Bertz CT molecular complexity index is 1100. The van der Waals surface area contributed by atoms with Gasteiger partial charge in [-0.25, -0.2) is 0 Å². The number of nitrogens with one attached hydrogen (secondary N) is 1. The maximum absolute atomic E-state index is 12.7. The molecule has 3 N–H and O–H groups in total. The number of fused-ring (bicyclic) bond motifs is 3. The largest absolute Gasteiger partial charge is 0.492 e. The summed E-state index contributed by atoms with van der Waals surface area (Å²) < 4.78 is 11.5. The summed E-state index contributed by atoms with van der Waals surface area (Å²) >= 11 is 0. The van der Waals surface area contributed by atoms with Crippen molar-refractivity contribution in [3.63, 3.8) is 0 Å². The smallest absolute Gasteiger partial charge is 0.475 e. The first-order valence-electron chi connectivity index (χ1n) is 10.9. The van der Waals surface area contributed by atoms with Crippen molar-refractivity contribution in [1.29, 1.82) is 0 Å². The van der Waals surface area contributed by atoms with E-state index in [1.165, 1.54) is 31.2 Å². The molecule has 1 saturated carbocycles. The molecule has 1 spiro atoms. The zero-order valence-corrected chi connectivity index (χ0v) is 17.3. The van der Waals surface area contributed by atoms with E-state index in [0.717, 1.165) is 34.5 Å². The Morgan fingerprint density at radius 3 is 2.77 bits per heavy atom. The van der Waals surface area contributed by atoms with E-state index in [1.807, 2.05) is 36.4 Å². The molecule has 0 saturated heterocycles. The van der Waals surface area contributed by atoms with Crippen molar-refractivity contribution in [2.45, 2.75) is 49.9 Å². The van der Waals surface area contributed by atoms with Gasteiger partial charge in [0.25, 0.3) is 0 Å². The Balaban J connectivity index is 1.27. The van der Waals surface area contributed by atoms with E-state index in [4.69, 9.17) is 9.15 Å². The molecule has 3 aromatic rings. The first-order valence-corrected chi connectivity index (χ1v) is 10.9. The highest BCUT2D eigenvalue weighted by molar-refractivity contribution is 6.43. The summed E-state index contributed by atoms with van der Waals surface area (Å²) in [6.45, 7) is 0.732. The molecule has 1 aliphatic carbocycles. The van der Waals surface area contributed by atoms with Crippen molar-refractivity contribution >= 4 is 24.0 Å². The highest BCUT2D eigenvalue weighted by Crippen LogP contribution is 2.49. The quantitative estimate of drug-likeness (QED) is 0.535. The Morgan fingerprint density at radius 2 is 1.97 bits per heavy atom. The summed E-state index contributed by atoms with van der Waals surface area (Å²) in [5.41, 5.74) is 3.83. The molecular weight excluding hydrogens is 393 g/mol. The Hall–Kier alpha value is -2.77. The average molecular weight is 419 g/mol. The van der Waals surface area contributed by atoms with E-state index in [1.54, 1.807) is 6.26 Å². The van der Waals surface area contributed by atoms with Crippen LogP contribution in [-0.2, 0) is 23.1 Å². The fourth-order valence-corrected chi connectivity index (χ4v) is 5.10. The molecule has 1 amide bonds. The lowest BCUT2D eigenvalue weighted by Crippen LogP contribution is -2.48. The number of para-hydroxylation sites is 1. The second-order valence-electron chi connectivity index (χ2n) is 8.83. The standard InChI is InChI=1S/C24H26BNO5/c27-23(12-16-7-8-19-21(11-16)31-15-24(19)9-3-4-10-24)26-22(25(28)29)13-17-14-30-20-6-2-1-5-18(17)20/h1-2,5-8,11,14,22,28-29H,3-4,9-10,12-13,15H2,(H,26,27)/t22-/m0/s1. The van der Waals surface area contributed by atoms with Gasteiger partial charge in [-0.05, 0) is 42.5 Å². The molecule has 31 heavy (non-hydrogen) atoms. The van der Waals surface area contributed by atoms with Crippen molar-refractivity contribution in [1.82, 2.24) is 5.32 Å². The molecule has 2 aliphatic rings. The Labute approximate surface area is 181 Å². The van der Waals surface area contributed by atoms with Gasteiger partial charge in [0.05, 0.1) is 25.2 Å². The molecule has 1 atom stereocenters. The number of carbonyl (C=O) groups excluding carboxylic acids is 1. The number of rotatable bonds is 6. The predicted molar refractivity (Wildman–Crippen MR) is 118 cm³/mol. The SMILES string of the molecule is O=C(Cc1ccc2c(c1)OCC21CCCC1)N[C@@H](Cc1coc2ccccc12)B(O)O. The van der Waals surface area contributed by atoms with Gasteiger partial charge in [0.1, 0.15) is 11.3 Å². The monoisotopic (exact) mass is 419 g/mol. The molecule has 7 heteroatoms. The second-order valence-corrected chi connectivity index (χ2v) is 8.83. The van der Waals surface area contributed by atoms with Crippen molar-refractivity contribution in [2.24, 2.45) is 0 Å². The van der Waals surface area contributed by atoms with Gasteiger partial charge in [0, 0.05) is 16.4 Å². The first kappa shape index (κ1) is 20.2. The molecule has 0 radical (unpaired) electrons. The van der Waals surface area contributed by atoms with Crippen LogP contribution < -0.4 is 10.1 Å². The molecule has 1 aromatic heterocycles. The van der Waals surface area contributed by atoms with Gasteiger partial charge in [-0.15, -0.1) is 0 Å². The van der Waals surface area contributed by atoms with Crippen LogP contribution in [0.15, 0.2) is 53.1 Å². The average Bonchev–Trinajstić information content (AvgIpc) is 3.48. The van der Waals surface area contributed by atoms with Crippen LogP contribution in [0.5, 0.6) is 5.75 Å². The van der Waals surface area contributed by atoms with Gasteiger partial charge in [-0.2, -0.15) is 0 Å². The fourth-order valence-electron chi connectivity index (χ4n) is 5.10. The maximum atomic E-state index is 12.7. The lowest BCUT2D eigenvalue weighted by Gasteiger charge is -2.21. The first-order chi connectivity index (χ1) is 15.0. The summed E-state index contributed by atoms with van der Waals surface area (Å²) in [7, 11) is -1.68. The third kappa shape index (κ3) is 3.84. The number of furan rings is 1. The van der Waals surface area contributed by atoms with Crippen molar-refractivity contribution in [3.8, 4) is 5.75 Å². The number of carbonyl (C=O) groups is 1. The third-order valence-electron chi connectivity index (χ3n) is 6.75. The van der Waals surface area contributed by atoms with Crippen LogP contribution in [0.2, 0.25) is 0 Å². The molecule has 5 rings (SSSR count). The van der Waals surface area contributed by atoms with E-state index in [2.05, 4.69) is 11.4 Å². The summed E-state index contributed by atoms with van der Waals surface area (Å²) in [5.74, 6) is -0.212. The lowest BCUT2D eigenvalue weighted by molar-refractivity contribution is -0.120. The van der Waals surface area contributed by atoms with E-state index >= 15 is 0 Å². The van der Waals surface area contributed by atoms with Crippen LogP contribution in [0.3, 0.4) is 0 Å². The number of ether oxygens (including phenoxy) is 1. The molecule has 1 fully saturated rings. The van der Waals surface area contributed by atoms with Crippen LogP contribution in [0.4, 0.5) is 0 Å². The Morgan fingerprint density at radius 1 is 1.16 bits per heavy atom. The molecule has 160 valence electrons. The topological polar surface area (TPSA) is 91.9 Å². The molecular formula is C24H26BNO5.